The van der Waals surface area contributed by atoms with E-state index in [1.54, 1.807) is 21.5 Å². The molecule has 5 rings (SSSR count). The maximum atomic E-state index is 12.4. The quantitative estimate of drug-likeness (QED) is 0.657. The number of piperidine rings is 1. The van der Waals surface area contributed by atoms with Crippen LogP contribution in [0.3, 0.4) is 0 Å². The van der Waals surface area contributed by atoms with Gasteiger partial charge in [0.15, 0.2) is 5.65 Å². The molecule has 158 valence electrons. The molecular formula is C21H27N7O2. The molecule has 1 unspecified atom stereocenters. The number of likely N-dealkylation sites (tertiary alicyclic amines) is 1. The van der Waals surface area contributed by atoms with E-state index in [4.69, 9.17) is 4.74 Å². The number of rotatable bonds is 6. The van der Waals surface area contributed by atoms with E-state index in [0.717, 1.165) is 55.2 Å². The predicted octanol–water partition coefficient (Wildman–Crippen LogP) is 1.33. The van der Waals surface area contributed by atoms with Crippen molar-refractivity contribution in [3.05, 3.63) is 52.2 Å². The molecule has 30 heavy (non-hydrogen) atoms. The smallest absolute Gasteiger partial charge is 0.267 e. The molecule has 0 spiro atoms. The van der Waals surface area contributed by atoms with Crippen molar-refractivity contribution < 1.29 is 4.74 Å². The van der Waals surface area contributed by atoms with Crippen molar-refractivity contribution in [2.24, 2.45) is 0 Å². The number of fused-ring (bicyclic) bond motifs is 2. The highest BCUT2D eigenvalue weighted by Gasteiger charge is 2.23. The fourth-order valence-electron chi connectivity index (χ4n) is 4.35. The van der Waals surface area contributed by atoms with Crippen LogP contribution in [0.1, 0.15) is 30.5 Å². The first-order chi connectivity index (χ1) is 14.8. The average molecular weight is 409 g/mol. The van der Waals surface area contributed by atoms with Gasteiger partial charge in [-0.25, -0.2) is 14.2 Å². The Kier molecular flexibility index (Phi) is 5.46. The first kappa shape index (κ1) is 19.2. The molecular weight excluding hydrogens is 382 g/mol. The molecule has 9 heteroatoms. The molecule has 0 aliphatic carbocycles. The fourth-order valence-corrected chi connectivity index (χ4v) is 4.35. The average Bonchev–Trinajstić information content (AvgIpc) is 3.25. The van der Waals surface area contributed by atoms with E-state index in [0.29, 0.717) is 25.8 Å². The van der Waals surface area contributed by atoms with Gasteiger partial charge in [0, 0.05) is 49.6 Å². The summed E-state index contributed by atoms with van der Waals surface area (Å²) in [7, 11) is 0. The van der Waals surface area contributed by atoms with Gasteiger partial charge in [0.05, 0.1) is 25.5 Å². The number of hydrogen-bond acceptors (Lipinski definition) is 7. The third-order valence-electron chi connectivity index (χ3n) is 6.03. The summed E-state index contributed by atoms with van der Waals surface area (Å²) in [5.74, 6) is 0.848. The van der Waals surface area contributed by atoms with Gasteiger partial charge in [-0.15, -0.1) is 5.10 Å². The van der Waals surface area contributed by atoms with Crippen molar-refractivity contribution >= 4 is 11.5 Å². The molecule has 1 saturated heterocycles. The summed E-state index contributed by atoms with van der Waals surface area (Å²) in [5.41, 5.74) is 2.74. The molecule has 9 nitrogen and oxygen atoms in total. The van der Waals surface area contributed by atoms with Crippen LogP contribution >= 0.6 is 0 Å². The van der Waals surface area contributed by atoms with Crippen LogP contribution in [0.15, 0.2) is 35.4 Å². The van der Waals surface area contributed by atoms with Gasteiger partial charge in [-0.3, -0.25) is 9.69 Å². The van der Waals surface area contributed by atoms with E-state index in [2.05, 4.69) is 25.4 Å². The second-order valence-electron chi connectivity index (χ2n) is 8.00. The monoisotopic (exact) mass is 409 g/mol. The largest absolute Gasteiger partial charge is 0.376 e. The standard InChI is InChI=1S/C21H27N7O2/c29-21-13-16-15-30-12-6-18(16)24-28(21)11-10-26-8-2-1-3-17(26)14-23-19-4-5-20-22-7-9-27(20)25-19/h4-5,7,9,13,17H,1-3,6,8,10-12,14-15H2,(H,23,25). The Balaban J connectivity index is 1.22. The highest BCUT2D eigenvalue weighted by atomic mass is 16.5. The van der Waals surface area contributed by atoms with Crippen LogP contribution < -0.4 is 10.9 Å². The Hall–Kier alpha value is -2.78. The van der Waals surface area contributed by atoms with Gasteiger partial charge in [-0.05, 0) is 31.5 Å². The van der Waals surface area contributed by atoms with Crippen LogP contribution in [0.4, 0.5) is 5.82 Å². The summed E-state index contributed by atoms with van der Waals surface area (Å²) in [6, 6.07) is 6.04. The summed E-state index contributed by atoms with van der Waals surface area (Å²) < 4.78 is 8.83. The number of imidazole rings is 1. The molecule has 3 aromatic rings. The molecule has 1 atom stereocenters. The Labute approximate surface area is 174 Å². The third kappa shape index (κ3) is 4.08. The minimum atomic E-state index is -0.0382. The van der Waals surface area contributed by atoms with Gasteiger partial charge in [-0.1, -0.05) is 6.42 Å². The minimum absolute atomic E-state index is 0.0382. The molecule has 0 amide bonds. The molecule has 1 N–H and O–H groups in total. The Bertz CT molecular complexity index is 1080. The van der Waals surface area contributed by atoms with E-state index in [-0.39, 0.29) is 5.56 Å². The van der Waals surface area contributed by atoms with Gasteiger partial charge in [0.25, 0.3) is 5.56 Å². The molecule has 2 aliphatic rings. The van der Waals surface area contributed by atoms with Crippen LogP contribution in [-0.2, 0) is 24.3 Å². The second-order valence-corrected chi connectivity index (χ2v) is 8.00. The summed E-state index contributed by atoms with van der Waals surface area (Å²) in [6.45, 7) is 4.49. The van der Waals surface area contributed by atoms with Crippen molar-refractivity contribution in [3.63, 3.8) is 0 Å². The number of nitrogens with one attached hydrogen (secondary N) is 1. The Morgan fingerprint density at radius 1 is 1.20 bits per heavy atom. The van der Waals surface area contributed by atoms with Crippen LogP contribution in [0, 0.1) is 0 Å². The molecule has 0 bridgehead atoms. The van der Waals surface area contributed by atoms with Crippen LogP contribution in [0.5, 0.6) is 0 Å². The molecule has 0 saturated carbocycles. The van der Waals surface area contributed by atoms with Crippen molar-refractivity contribution in [1.82, 2.24) is 29.3 Å². The topological polar surface area (TPSA) is 89.6 Å². The third-order valence-corrected chi connectivity index (χ3v) is 6.03. The highest BCUT2D eigenvalue weighted by molar-refractivity contribution is 5.43. The van der Waals surface area contributed by atoms with Gasteiger partial charge in [0.1, 0.15) is 5.82 Å². The number of anilines is 1. The molecule has 3 aromatic heterocycles. The SMILES string of the molecule is O=c1cc2c(nn1CCN1CCCCC1CNc1ccc3nccn3n1)CCOC2. The minimum Gasteiger partial charge on any atom is -0.376 e. The van der Waals surface area contributed by atoms with E-state index in [9.17, 15) is 4.79 Å². The highest BCUT2D eigenvalue weighted by Crippen LogP contribution is 2.18. The number of aromatic nitrogens is 5. The lowest BCUT2D eigenvalue weighted by molar-refractivity contribution is 0.107. The molecule has 0 aromatic carbocycles. The first-order valence-corrected chi connectivity index (χ1v) is 10.7. The van der Waals surface area contributed by atoms with Gasteiger partial charge < -0.3 is 10.1 Å². The zero-order chi connectivity index (χ0) is 20.3. The van der Waals surface area contributed by atoms with Crippen LogP contribution in [0.2, 0.25) is 0 Å². The normalized spacial score (nSPS) is 19.7. The van der Waals surface area contributed by atoms with E-state index in [1.807, 2.05) is 18.3 Å². The fraction of sp³-hybridized carbons (Fsp3) is 0.524. The lowest BCUT2D eigenvalue weighted by Gasteiger charge is -2.36. The van der Waals surface area contributed by atoms with E-state index in [1.165, 1.54) is 12.8 Å². The zero-order valence-electron chi connectivity index (χ0n) is 17.0. The number of hydrogen-bond donors (Lipinski definition) is 1. The lowest BCUT2D eigenvalue weighted by Crippen LogP contribution is -2.46. The van der Waals surface area contributed by atoms with Crippen molar-refractivity contribution in [1.29, 1.82) is 0 Å². The first-order valence-electron chi connectivity index (χ1n) is 10.7. The molecule has 5 heterocycles. The van der Waals surface area contributed by atoms with Crippen molar-refractivity contribution in [2.45, 2.75) is 44.9 Å². The predicted molar refractivity (Wildman–Crippen MR) is 113 cm³/mol. The summed E-state index contributed by atoms with van der Waals surface area (Å²) in [5, 5.41) is 12.6. The summed E-state index contributed by atoms with van der Waals surface area (Å²) in [4.78, 5) is 19.1. The number of ether oxygens (including phenoxy) is 1. The maximum Gasteiger partial charge on any atom is 0.267 e. The maximum absolute atomic E-state index is 12.4. The molecule has 1 fully saturated rings. The van der Waals surface area contributed by atoms with Crippen LogP contribution in [-0.4, -0.2) is 61.6 Å². The zero-order valence-corrected chi connectivity index (χ0v) is 17.0. The van der Waals surface area contributed by atoms with E-state index < -0.39 is 0 Å². The summed E-state index contributed by atoms with van der Waals surface area (Å²) >= 11 is 0. The number of nitrogens with zero attached hydrogens (tertiary/aromatic N) is 6. The van der Waals surface area contributed by atoms with E-state index >= 15 is 0 Å². The Morgan fingerprint density at radius 3 is 3.13 bits per heavy atom. The van der Waals surface area contributed by atoms with Gasteiger partial charge in [-0.2, -0.15) is 5.10 Å². The molecule has 0 radical (unpaired) electrons. The van der Waals surface area contributed by atoms with Gasteiger partial charge >= 0.3 is 0 Å². The van der Waals surface area contributed by atoms with Crippen molar-refractivity contribution in [3.8, 4) is 0 Å². The van der Waals surface area contributed by atoms with Crippen molar-refractivity contribution in [2.75, 3.05) is 31.6 Å². The second kappa shape index (κ2) is 8.53. The van der Waals surface area contributed by atoms with Crippen LogP contribution in [0.25, 0.3) is 5.65 Å². The lowest BCUT2D eigenvalue weighted by atomic mass is 10.0. The molecule has 2 aliphatic heterocycles. The summed E-state index contributed by atoms with van der Waals surface area (Å²) in [6.07, 6.45) is 7.94. The Morgan fingerprint density at radius 2 is 2.17 bits per heavy atom. The van der Waals surface area contributed by atoms with Gasteiger partial charge in [0.2, 0.25) is 0 Å².